The third kappa shape index (κ3) is 3.70. The van der Waals surface area contributed by atoms with Crippen LogP contribution in [0.5, 0.6) is 0 Å². The van der Waals surface area contributed by atoms with Crippen LogP contribution in [0, 0.1) is 12.7 Å². The lowest BCUT2D eigenvalue weighted by Crippen LogP contribution is -2.40. The van der Waals surface area contributed by atoms with Gasteiger partial charge in [-0.2, -0.15) is 23.4 Å². The smallest absolute Gasteiger partial charge is 0.365 e. The van der Waals surface area contributed by atoms with Gasteiger partial charge in [-0.3, -0.25) is 4.79 Å². The molecule has 2 aliphatic heterocycles. The molecular weight excluding hydrogens is 440 g/mol. The largest absolute Gasteiger partial charge is 0.417 e. The van der Waals surface area contributed by atoms with Crippen LogP contribution in [-0.2, 0) is 6.18 Å². The maximum absolute atomic E-state index is 15.0. The number of rotatable bonds is 4. The highest BCUT2D eigenvalue weighted by molar-refractivity contribution is 5.98. The Morgan fingerprint density at radius 1 is 1.12 bits per heavy atom. The van der Waals surface area contributed by atoms with Crippen LogP contribution in [0.15, 0.2) is 42.9 Å². The van der Waals surface area contributed by atoms with Gasteiger partial charge in [0, 0.05) is 18.3 Å². The van der Waals surface area contributed by atoms with Crippen LogP contribution in [0.4, 0.5) is 23.4 Å². The summed E-state index contributed by atoms with van der Waals surface area (Å²) >= 11 is 0. The van der Waals surface area contributed by atoms with Gasteiger partial charge in [0.2, 0.25) is 0 Å². The molecule has 3 aromatic rings. The second-order valence-corrected chi connectivity index (χ2v) is 8.34. The van der Waals surface area contributed by atoms with Crippen LogP contribution >= 0.6 is 0 Å². The fourth-order valence-corrected chi connectivity index (χ4v) is 4.80. The van der Waals surface area contributed by atoms with Crippen molar-refractivity contribution in [2.24, 2.45) is 0 Å². The van der Waals surface area contributed by atoms with E-state index >= 15 is 0 Å². The standard InChI is InChI=1S/C22H20F4N6O/c1-12-2-5-15(20(19(12)23)32-28-8-9-29-32)21(33)31-14-4-6-17(31)16(10-14)30-18-7-3-13(11-27-18)22(24,25)26/h2-3,5,7-9,11,14,16-17H,4,6,10H2,1H3,(H,27,30). The summed E-state index contributed by atoms with van der Waals surface area (Å²) in [5.74, 6) is -0.568. The third-order valence-corrected chi connectivity index (χ3v) is 6.35. The van der Waals surface area contributed by atoms with E-state index in [1.807, 2.05) is 0 Å². The molecule has 1 aromatic carbocycles. The molecule has 11 heteroatoms. The van der Waals surface area contributed by atoms with Gasteiger partial charge in [-0.05, 0) is 49.9 Å². The molecule has 3 atom stereocenters. The molecule has 3 unspecified atom stereocenters. The number of carbonyl (C=O) groups excluding carboxylic acids is 1. The monoisotopic (exact) mass is 460 g/mol. The van der Waals surface area contributed by atoms with Crippen LogP contribution in [0.2, 0.25) is 0 Å². The third-order valence-electron chi connectivity index (χ3n) is 6.35. The van der Waals surface area contributed by atoms with Crippen LogP contribution < -0.4 is 5.32 Å². The Kier molecular flexibility index (Phi) is 5.06. The van der Waals surface area contributed by atoms with E-state index in [-0.39, 0.29) is 35.3 Å². The van der Waals surface area contributed by atoms with Gasteiger partial charge in [0.15, 0.2) is 5.82 Å². The Balaban J connectivity index is 1.40. The Labute approximate surface area is 186 Å². The minimum absolute atomic E-state index is 0.00483. The van der Waals surface area contributed by atoms with E-state index in [0.29, 0.717) is 17.8 Å². The van der Waals surface area contributed by atoms with Gasteiger partial charge >= 0.3 is 6.18 Å². The fraction of sp³-hybridized carbons (Fsp3) is 0.364. The van der Waals surface area contributed by atoms with Crippen molar-refractivity contribution in [2.75, 3.05) is 5.32 Å². The van der Waals surface area contributed by atoms with Gasteiger partial charge in [0.05, 0.1) is 29.6 Å². The Morgan fingerprint density at radius 2 is 1.88 bits per heavy atom. The van der Waals surface area contributed by atoms with Crippen molar-refractivity contribution in [3.8, 4) is 5.69 Å². The van der Waals surface area contributed by atoms with Crippen molar-refractivity contribution in [1.82, 2.24) is 24.9 Å². The summed E-state index contributed by atoms with van der Waals surface area (Å²) in [5.41, 5.74) is -0.278. The Morgan fingerprint density at radius 3 is 2.55 bits per heavy atom. The molecule has 172 valence electrons. The Bertz CT molecular complexity index is 1180. The van der Waals surface area contributed by atoms with E-state index in [0.717, 1.165) is 29.9 Å². The van der Waals surface area contributed by atoms with Crippen molar-refractivity contribution in [3.05, 3.63) is 65.4 Å². The molecule has 2 aromatic heterocycles. The summed E-state index contributed by atoms with van der Waals surface area (Å²) in [7, 11) is 0. The van der Waals surface area contributed by atoms with Crippen LogP contribution in [0.1, 0.15) is 40.7 Å². The van der Waals surface area contributed by atoms with E-state index in [1.165, 1.54) is 18.5 Å². The van der Waals surface area contributed by atoms with E-state index in [2.05, 4.69) is 20.5 Å². The second kappa shape index (κ2) is 7.82. The minimum atomic E-state index is -4.45. The Hall–Kier alpha value is -3.50. The topological polar surface area (TPSA) is 75.9 Å². The normalized spacial score (nSPS) is 22.1. The van der Waals surface area contributed by atoms with E-state index < -0.39 is 17.6 Å². The van der Waals surface area contributed by atoms with E-state index in [1.54, 1.807) is 24.0 Å². The number of hydrogen-bond acceptors (Lipinski definition) is 5. The van der Waals surface area contributed by atoms with Crippen LogP contribution in [0.25, 0.3) is 5.69 Å². The van der Waals surface area contributed by atoms with Gasteiger partial charge in [0.1, 0.15) is 11.5 Å². The molecule has 1 N–H and O–H groups in total. The predicted molar refractivity (Wildman–Crippen MR) is 110 cm³/mol. The maximum atomic E-state index is 15.0. The summed E-state index contributed by atoms with van der Waals surface area (Å²) in [6.07, 6.45) is 1.32. The number of nitrogens with one attached hydrogen (secondary N) is 1. The number of pyridine rings is 1. The number of aryl methyl sites for hydroxylation is 1. The molecule has 2 fully saturated rings. The number of hydrogen-bond donors (Lipinski definition) is 1. The highest BCUT2D eigenvalue weighted by Gasteiger charge is 2.49. The number of fused-ring (bicyclic) bond motifs is 2. The lowest BCUT2D eigenvalue weighted by atomic mass is 9.95. The zero-order valence-electron chi connectivity index (χ0n) is 17.6. The molecule has 2 saturated heterocycles. The molecule has 0 radical (unpaired) electrons. The van der Waals surface area contributed by atoms with Crippen LogP contribution in [-0.4, -0.2) is 48.9 Å². The lowest BCUT2D eigenvalue weighted by Gasteiger charge is -2.26. The number of carbonyl (C=O) groups is 1. The summed E-state index contributed by atoms with van der Waals surface area (Å²) in [6.45, 7) is 1.60. The number of benzene rings is 1. The first-order valence-corrected chi connectivity index (χ1v) is 10.5. The highest BCUT2D eigenvalue weighted by Crippen LogP contribution is 2.41. The number of nitrogens with zero attached hydrogens (tertiary/aromatic N) is 5. The molecule has 0 aliphatic carbocycles. The zero-order valence-corrected chi connectivity index (χ0v) is 17.6. The van der Waals surface area contributed by atoms with Gasteiger partial charge < -0.3 is 10.2 Å². The molecule has 2 bridgehead atoms. The van der Waals surface area contributed by atoms with Crippen molar-refractivity contribution < 1.29 is 22.4 Å². The summed E-state index contributed by atoms with van der Waals surface area (Å²) < 4.78 is 53.4. The fourth-order valence-electron chi connectivity index (χ4n) is 4.80. The summed E-state index contributed by atoms with van der Waals surface area (Å²) in [4.78, 5) is 20.3. The molecule has 2 aliphatic rings. The van der Waals surface area contributed by atoms with Crippen molar-refractivity contribution in [2.45, 2.75) is 50.5 Å². The van der Waals surface area contributed by atoms with E-state index in [9.17, 15) is 22.4 Å². The first-order chi connectivity index (χ1) is 15.7. The second-order valence-electron chi connectivity index (χ2n) is 8.34. The first-order valence-electron chi connectivity index (χ1n) is 10.5. The zero-order chi connectivity index (χ0) is 23.3. The maximum Gasteiger partial charge on any atom is 0.417 e. The highest BCUT2D eigenvalue weighted by atomic mass is 19.4. The quantitative estimate of drug-likeness (QED) is 0.596. The molecule has 0 saturated carbocycles. The van der Waals surface area contributed by atoms with Crippen LogP contribution in [0.3, 0.4) is 0 Å². The molecule has 0 spiro atoms. The number of halogens is 4. The first kappa shape index (κ1) is 21.4. The molecular formula is C22H20F4N6O. The van der Waals surface area contributed by atoms with Crippen molar-refractivity contribution in [1.29, 1.82) is 0 Å². The molecule has 4 heterocycles. The molecule has 33 heavy (non-hydrogen) atoms. The lowest BCUT2D eigenvalue weighted by molar-refractivity contribution is -0.137. The number of alkyl halides is 3. The number of anilines is 1. The average molecular weight is 460 g/mol. The van der Waals surface area contributed by atoms with E-state index in [4.69, 9.17) is 0 Å². The molecule has 5 rings (SSSR count). The number of aromatic nitrogens is 4. The van der Waals surface area contributed by atoms with Gasteiger partial charge in [0.25, 0.3) is 5.91 Å². The minimum Gasteiger partial charge on any atom is -0.365 e. The molecule has 7 nitrogen and oxygen atoms in total. The molecule has 1 amide bonds. The van der Waals surface area contributed by atoms with Gasteiger partial charge in [-0.25, -0.2) is 9.37 Å². The SMILES string of the molecule is Cc1ccc(C(=O)N2C3CCC2C(Nc2ccc(C(F)(F)F)cn2)C3)c(-n2nccn2)c1F. The summed E-state index contributed by atoms with van der Waals surface area (Å²) in [6, 6.07) is 4.99. The predicted octanol–water partition coefficient (Wildman–Crippen LogP) is 3.99. The number of amides is 1. The van der Waals surface area contributed by atoms with Crippen molar-refractivity contribution >= 4 is 11.7 Å². The average Bonchev–Trinajstić information content (AvgIpc) is 3.51. The van der Waals surface area contributed by atoms with Gasteiger partial charge in [-0.1, -0.05) is 6.07 Å². The van der Waals surface area contributed by atoms with Crippen molar-refractivity contribution in [3.63, 3.8) is 0 Å². The van der Waals surface area contributed by atoms with Gasteiger partial charge in [-0.15, -0.1) is 4.80 Å². The summed E-state index contributed by atoms with van der Waals surface area (Å²) in [5, 5.41) is 11.2.